The highest BCUT2D eigenvalue weighted by molar-refractivity contribution is 5.14. The van der Waals surface area contributed by atoms with Crippen LogP contribution in [0.2, 0.25) is 0 Å². The van der Waals surface area contributed by atoms with Gasteiger partial charge in [0, 0.05) is 44.6 Å². The average molecular weight is 270 g/mol. The Bertz CT molecular complexity index is 494. The molecule has 3 rings (SSSR count). The quantitative estimate of drug-likeness (QED) is 0.868. The predicted molar refractivity (Wildman–Crippen MR) is 80.4 cm³/mol. The second-order valence-corrected chi connectivity index (χ2v) is 5.43. The minimum atomic E-state index is 0.620. The van der Waals surface area contributed by atoms with Crippen molar-refractivity contribution in [2.45, 2.75) is 25.6 Å². The summed E-state index contributed by atoms with van der Waals surface area (Å²) in [5.74, 6) is 0. The molecule has 1 fully saturated rings. The molecular formula is C16H22N4. The fourth-order valence-electron chi connectivity index (χ4n) is 2.80. The lowest BCUT2D eigenvalue weighted by Crippen LogP contribution is -2.34. The summed E-state index contributed by atoms with van der Waals surface area (Å²) in [7, 11) is 0. The van der Waals surface area contributed by atoms with Gasteiger partial charge in [0.1, 0.15) is 0 Å². The molecule has 1 saturated heterocycles. The maximum atomic E-state index is 4.22. The minimum Gasteiger partial charge on any atom is -0.311 e. The molecule has 0 bridgehead atoms. The first-order valence-electron chi connectivity index (χ1n) is 7.37. The van der Waals surface area contributed by atoms with Gasteiger partial charge in [-0.1, -0.05) is 30.3 Å². The van der Waals surface area contributed by atoms with Gasteiger partial charge in [0.05, 0.1) is 6.54 Å². The Hall–Kier alpha value is -1.65. The molecule has 2 heterocycles. The number of nitrogens with one attached hydrogen (secondary N) is 1. The first-order chi connectivity index (χ1) is 9.90. The number of likely N-dealkylation sites (tertiary alicyclic amines) is 1. The third-order valence-corrected chi connectivity index (χ3v) is 3.85. The Morgan fingerprint density at radius 2 is 2.10 bits per heavy atom. The molecule has 2 aromatic rings. The van der Waals surface area contributed by atoms with Gasteiger partial charge in [0.2, 0.25) is 0 Å². The lowest BCUT2D eigenvalue weighted by Gasteiger charge is -2.16. The smallest absolute Gasteiger partial charge is 0.0534 e. The highest BCUT2D eigenvalue weighted by Crippen LogP contribution is 2.13. The fraction of sp³-hybridized carbons (Fsp3) is 0.438. The van der Waals surface area contributed by atoms with Crippen LogP contribution in [0.1, 0.15) is 12.0 Å². The van der Waals surface area contributed by atoms with Crippen LogP contribution in [0.5, 0.6) is 0 Å². The summed E-state index contributed by atoms with van der Waals surface area (Å²) in [4.78, 5) is 2.53. The largest absolute Gasteiger partial charge is 0.311 e. The summed E-state index contributed by atoms with van der Waals surface area (Å²) in [5, 5.41) is 7.85. The first kappa shape index (κ1) is 13.3. The molecule has 0 saturated carbocycles. The van der Waals surface area contributed by atoms with E-state index in [0.717, 1.165) is 26.2 Å². The second kappa shape index (κ2) is 6.68. The number of hydrogen-bond acceptors (Lipinski definition) is 3. The van der Waals surface area contributed by atoms with Gasteiger partial charge in [0.15, 0.2) is 0 Å². The molecule has 1 unspecified atom stereocenters. The Balaban J connectivity index is 1.38. The van der Waals surface area contributed by atoms with E-state index in [4.69, 9.17) is 0 Å². The lowest BCUT2D eigenvalue weighted by molar-refractivity contribution is 0.319. The molecule has 0 radical (unpaired) electrons. The first-order valence-corrected chi connectivity index (χ1v) is 7.37. The van der Waals surface area contributed by atoms with E-state index < -0.39 is 0 Å². The molecular weight excluding hydrogens is 248 g/mol. The third kappa shape index (κ3) is 3.68. The molecule has 20 heavy (non-hydrogen) atoms. The number of rotatable bonds is 6. The minimum absolute atomic E-state index is 0.620. The van der Waals surface area contributed by atoms with Gasteiger partial charge in [-0.2, -0.15) is 5.10 Å². The molecule has 1 aromatic heterocycles. The van der Waals surface area contributed by atoms with Crippen molar-refractivity contribution in [3.05, 3.63) is 54.4 Å². The Morgan fingerprint density at radius 1 is 1.20 bits per heavy atom. The van der Waals surface area contributed by atoms with Crippen LogP contribution >= 0.6 is 0 Å². The summed E-state index contributed by atoms with van der Waals surface area (Å²) < 4.78 is 1.98. The van der Waals surface area contributed by atoms with Gasteiger partial charge >= 0.3 is 0 Å². The Labute approximate surface area is 120 Å². The van der Waals surface area contributed by atoms with Crippen molar-refractivity contribution in [1.82, 2.24) is 20.0 Å². The van der Waals surface area contributed by atoms with Crippen molar-refractivity contribution in [3.63, 3.8) is 0 Å². The van der Waals surface area contributed by atoms with Crippen molar-refractivity contribution in [1.29, 1.82) is 0 Å². The zero-order valence-corrected chi connectivity index (χ0v) is 11.8. The van der Waals surface area contributed by atoms with Gasteiger partial charge < -0.3 is 5.32 Å². The molecule has 0 spiro atoms. The SMILES string of the molecule is c1ccc(CN2CCC(NCCn3cccn3)C2)cc1. The van der Waals surface area contributed by atoms with E-state index in [9.17, 15) is 0 Å². The highest BCUT2D eigenvalue weighted by Gasteiger charge is 2.21. The van der Waals surface area contributed by atoms with E-state index in [0.29, 0.717) is 6.04 Å². The highest BCUT2D eigenvalue weighted by atomic mass is 15.3. The molecule has 1 aliphatic rings. The molecule has 0 amide bonds. The number of aromatic nitrogens is 2. The van der Waals surface area contributed by atoms with Gasteiger partial charge in [0.25, 0.3) is 0 Å². The maximum absolute atomic E-state index is 4.22. The summed E-state index contributed by atoms with van der Waals surface area (Å²) in [6, 6.07) is 13.3. The maximum Gasteiger partial charge on any atom is 0.0534 e. The van der Waals surface area contributed by atoms with Crippen LogP contribution in [-0.2, 0) is 13.1 Å². The van der Waals surface area contributed by atoms with Crippen molar-refractivity contribution >= 4 is 0 Å². The molecule has 106 valence electrons. The van der Waals surface area contributed by atoms with Crippen LogP contribution in [0.25, 0.3) is 0 Å². The Kier molecular flexibility index (Phi) is 4.46. The van der Waals surface area contributed by atoms with Gasteiger partial charge in [-0.25, -0.2) is 0 Å². The zero-order chi connectivity index (χ0) is 13.6. The van der Waals surface area contributed by atoms with E-state index in [1.807, 2.05) is 23.1 Å². The van der Waals surface area contributed by atoms with Crippen molar-refractivity contribution < 1.29 is 0 Å². The van der Waals surface area contributed by atoms with Crippen LogP contribution in [0.15, 0.2) is 48.8 Å². The molecule has 1 aliphatic heterocycles. The molecule has 0 aliphatic carbocycles. The zero-order valence-electron chi connectivity index (χ0n) is 11.8. The predicted octanol–water partition coefficient (Wildman–Crippen LogP) is 1.75. The summed E-state index contributed by atoms with van der Waals surface area (Å²) in [5.41, 5.74) is 1.41. The monoisotopic (exact) mass is 270 g/mol. The van der Waals surface area contributed by atoms with Crippen LogP contribution in [0, 0.1) is 0 Å². The fourth-order valence-corrected chi connectivity index (χ4v) is 2.80. The average Bonchev–Trinajstić information content (AvgIpc) is 3.12. The van der Waals surface area contributed by atoms with Crippen molar-refractivity contribution in [2.24, 2.45) is 0 Å². The Morgan fingerprint density at radius 3 is 2.90 bits per heavy atom. The normalized spacial score (nSPS) is 19.5. The molecule has 4 heteroatoms. The lowest BCUT2D eigenvalue weighted by atomic mass is 10.2. The summed E-state index contributed by atoms with van der Waals surface area (Å²) >= 11 is 0. The molecule has 4 nitrogen and oxygen atoms in total. The number of hydrogen-bond donors (Lipinski definition) is 1. The van der Waals surface area contributed by atoms with Crippen LogP contribution < -0.4 is 5.32 Å². The molecule has 1 aromatic carbocycles. The van der Waals surface area contributed by atoms with Gasteiger partial charge in [-0.15, -0.1) is 0 Å². The van der Waals surface area contributed by atoms with E-state index >= 15 is 0 Å². The number of benzene rings is 1. The standard InChI is InChI=1S/C16H22N4/c1-2-5-15(6-3-1)13-19-11-7-16(14-19)17-9-12-20-10-4-8-18-20/h1-6,8,10,16-17H,7,9,11-14H2. The van der Waals surface area contributed by atoms with Crippen molar-refractivity contribution in [3.8, 4) is 0 Å². The van der Waals surface area contributed by atoms with Gasteiger partial charge in [-0.05, 0) is 18.1 Å². The molecule has 1 atom stereocenters. The van der Waals surface area contributed by atoms with E-state index in [2.05, 4.69) is 45.6 Å². The van der Waals surface area contributed by atoms with E-state index in [-0.39, 0.29) is 0 Å². The second-order valence-electron chi connectivity index (χ2n) is 5.43. The third-order valence-electron chi connectivity index (χ3n) is 3.85. The number of nitrogens with zero attached hydrogens (tertiary/aromatic N) is 3. The summed E-state index contributed by atoms with van der Waals surface area (Å²) in [6.07, 6.45) is 5.08. The van der Waals surface area contributed by atoms with E-state index in [1.165, 1.54) is 18.5 Å². The van der Waals surface area contributed by atoms with Crippen LogP contribution in [0.3, 0.4) is 0 Å². The van der Waals surface area contributed by atoms with Gasteiger partial charge in [-0.3, -0.25) is 9.58 Å². The van der Waals surface area contributed by atoms with Crippen LogP contribution in [0.4, 0.5) is 0 Å². The summed E-state index contributed by atoms with van der Waals surface area (Å²) in [6.45, 7) is 5.34. The van der Waals surface area contributed by atoms with E-state index in [1.54, 1.807) is 0 Å². The van der Waals surface area contributed by atoms with Crippen molar-refractivity contribution in [2.75, 3.05) is 19.6 Å². The molecule has 1 N–H and O–H groups in total. The van der Waals surface area contributed by atoms with Crippen LogP contribution in [-0.4, -0.2) is 40.4 Å². The topological polar surface area (TPSA) is 33.1 Å².